The Labute approximate surface area is 115 Å². The molecule has 0 atom stereocenters. The number of aryl methyl sites for hydroxylation is 1. The van der Waals surface area contributed by atoms with Crippen molar-refractivity contribution < 1.29 is 4.52 Å². The van der Waals surface area contributed by atoms with E-state index in [1.54, 1.807) is 6.07 Å². The van der Waals surface area contributed by atoms with Gasteiger partial charge < -0.3 is 4.52 Å². The van der Waals surface area contributed by atoms with E-state index in [4.69, 9.17) is 16.1 Å². The number of aromatic nitrogens is 2. The maximum Gasteiger partial charge on any atom is 0.258 e. The topological polar surface area (TPSA) is 38.9 Å². The molecule has 0 aliphatic carbocycles. The third-order valence-electron chi connectivity index (χ3n) is 2.92. The molecule has 0 spiro atoms. The first-order chi connectivity index (χ1) is 9.25. The van der Waals surface area contributed by atoms with Gasteiger partial charge in [-0.2, -0.15) is 4.98 Å². The fourth-order valence-corrected chi connectivity index (χ4v) is 2.12. The van der Waals surface area contributed by atoms with Gasteiger partial charge in [0.25, 0.3) is 5.89 Å². The smallest absolute Gasteiger partial charge is 0.258 e. The second-order valence-electron chi connectivity index (χ2n) is 4.22. The Morgan fingerprint density at radius 3 is 2.37 bits per heavy atom. The molecule has 19 heavy (non-hydrogen) atoms. The summed E-state index contributed by atoms with van der Waals surface area (Å²) >= 11 is 6.12. The van der Waals surface area contributed by atoms with E-state index >= 15 is 0 Å². The maximum atomic E-state index is 6.12. The minimum absolute atomic E-state index is 0.504. The molecule has 0 bridgehead atoms. The van der Waals surface area contributed by atoms with Crippen molar-refractivity contribution >= 4 is 11.6 Å². The number of rotatable bonds is 2. The van der Waals surface area contributed by atoms with Crippen molar-refractivity contribution in [3.8, 4) is 22.8 Å². The fraction of sp³-hybridized carbons (Fsp3) is 0.0667. The average Bonchev–Trinajstić information content (AvgIpc) is 2.89. The van der Waals surface area contributed by atoms with E-state index in [1.807, 2.05) is 49.4 Å². The summed E-state index contributed by atoms with van der Waals surface area (Å²) in [6.07, 6.45) is 0. The first-order valence-electron chi connectivity index (χ1n) is 5.90. The lowest BCUT2D eigenvalue weighted by Gasteiger charge is -1.98. The average molecular weight is 271 g/mol. The van der Waals surface area contributed by atoms with Gasteiger partial charge >= 0.3 is 0 Å². The van der Waals surface area contributed by atoms with Crippen molar-refractivity contribution in [2.75, 3.05) is 0 Å². The van der Waals surface area contributed by atoms with Gasteiger partial charge in [0.1, 0.15) is 0 Å². The van der Waals surface area contributed by atoms with Crippen LogP contribution in [0.5, 0.6) is 0 Å². The van der Waals surface area contributed by atoms with Crippen LogP contribution in [0.4, 0.5) is 0 Å². The van der Waals surface area contributed by atoms with Crippen LogP contribution in [0.1, 0.15) is 5.56 Å². The van der Waals surface area contributed by atoms with Crippen molar-refractivity contribution in [2.24, 2.45) is 0 Å². The Kier molecular flexibility index (Phi) is 3.05. The molecule has 0 aliphatic rings. The third-order valence-corrected chi connectivity index (χ3v) is 3.25. The van der Waals surface area contributed by atoms with Crippen LogP contribution in [0.3, 0.4) is 0 Å². The second-order valence-corrected chi connectivity index (χ2v) is 4.63. The van der Waals surface area contributed by atoms with Gasteiger partial charge in [0.05, 0.1) is 5.02 Å². The Balaban J connectivity index is 2.06. The first-order valence-corrected chi connectivity index (χ1v) is 6.28. The molecule has 3 nitrogen and oxygen atoms in total. The number of benzene rings is 2. The van der Waals surface area contributed by atoms with Gasteiger partial charge in [-0.05, 0) is 30.7 Å². The Morgan fingerprint density at radius 1 is 0.947 bits per heavy atom. The van der Waals surface area contributed by atoms with Crippen molar-refractivity contribution in [1.29, 1.82) is 0 Å². The highest BCUT2D eigenvalue weighted by molar-refractivity contribution is 6.33. The second kappa shape index (κ2) is 4.86. The number of hydrogen-bond donors (Lipinski definition) is 0. The van der Waals surface area contributed by atoms with Crippen LogP contribution in [-0.4, -0.2) is 10.1 Å². The molecule has 0 saturated carbocycles. The van der Waals surface area contributed by atoms with E-state index in [-0.39, 0.29) is 0 Å². The molecule has 94 valence electrons. The molecule has 3 rings (SSSR count). The van der Waals surface area contributed by atoms with Crippen molar-refractivity contribution in [2.45, 2.75) is 6.92 Å². The SMILES string of the molecule is Cc1ccccc1-c1nc(-c2ccccc2Cl)no1. The van der Waals surface area contributed by atoms with E-state index in [0.717, 1.165) is 16.7 Å². The fourth-order valence-electron chi connectivity index (χ4n) is 1.90. The molecule has 2 aromatic carbocycles. The molecule has 0 N–H and O–H groups in total. The lowest BCUT2D eigenvalue weighted by Crippen LogP contribution is -1.84. The molecule has 4 heteroatoms. The molecule has 0 unspecified atom stereocenters. The lowest BCUT2D eigenvalue weighted by atomic mass is 10.1. The van der Waals surface area contributed by atoms with Gasteiger partial charge in [0.15, 0.2) is 0 Å². The van der Waals surface area contributed by atoms with E-state index < -0.39 is 0 Å². The highest BCUT2D eigenvalue weighted by atomic mass is 35.5. The summed E-state index contributed by atoms with van der Waals surface area (Å²) in [5, 5.41) is 4.60. The summed E-state index contributed by atoms with van der Waals surface area (Å²) in [6.45, 7) is 2.01. The Hall–Kier alpha value is -2.13. The maximum absolute atomic E-state index is 6.12. The zero-order valence-corrected chi connectivity index (χ0v) is 11.1. The van der Waals surface area contributed by atoms with Crippen molar-refractivity contribution in [3.63, 3.8) is 0 Å². The van der Waals surface area contributed by atoms with E-state index in [0.29, 0.717) is 16.7 Å². The molecule has 0 aliphatic heterocycles. The highest BCUT2D eigenvalue weighted by Crippen LogP contribution is 2.28. The van der Waals surface area contributed by atoms with Crippen LogP contribution in [-0.2, 0) is 0 Å². The van der Waals surface area contributed by atoms with Gasteiger partial charge in [-0.25, -0.2) is 0 Å². The normalized spacial score (nSPS) is 10.6. The van der Waals surface area contributed by atoms with Crippen LogP contribution < -0.4 is 0 Å². The number of hydrogen-bond acceptors (Lipinski definition) is 3. The number of halogens is 1. The van der Waals surface area contributed by atoms with E-state index in [2.05, 4.69) is 10.1 Å². The van der Waals surface area contributed by atoms with Crippen molar-refractivity contribution in [1.82, 2.24) is 10.1 Å². The predicted octanol–water partition coefficient (Wildman–Crippen LogP) is 4.37. The van der Waals surface area contributed by atoms with Crippen LogP contribution in [0.25, 0.3) is 22.8 Å². The lowest BCUT2D eigenvalue weighted by molar-refractivity contribution is 0.432. The molecule has 0 saturated heterocycles. The van der Waals surface area contributed by atoms with Gasteiger partial charge in [-0.3, -0.25) is 0 Å². The third kappa shape index (κ3) is 2.25. The summed E-state index contributed by atoms with van der Waals surface area (Å²) in [6, 6.07) is 15.3. The highest BCUT2D eigenvalue weighted by Gasteiger charge is 2.13. The van der Waals surface area contributed by atoms with Crippen LogP contribution in [0.2, 0.25) is 5.02 Å². The Bertz CT molecular complexity index is 661. The molecular formula is C15H11ClN2O. The zero-order valence-electron chi connectivity index (χ0n) is 10.3. The van der Waals surface area contributed by atoms with Crippen LogP contribution in [0, 0.1) is 6.92 Å². The monoisotopic (exact) mass is 270 g/mol. The molecular weight excluding hydrogens is 260 g/mol. The van der Waals surface area contributed by atoms with Gasteiger partial charge in [-0.15, -0.1) is 0 Å². The zero-order chi connectivity index (χ0) is 13.2. The minimum atomic E-state index is 0.504. The van der Waals surface area contributed by atoms with Crippen LogP contribution >= 0.6 is 11.6 Å². The van der Waals surface area contributed by atoms with Crippen LogP contribution in [0.15, 0.2) is 53.1 Å². The van der Waals surface area contributed by atoms with Gasteiger partial charge in [0.2, 0.25) is 5.82 Å². The summed E-state index contributed by atoms with van der Waals surface area (Å²) in [4.78, 5) is 4.41. The molecule has 1 aromatic heterocycles. The summed E-state index contributed by atoms with van der Waals surface area (Å²) in [5.74, 6) is 1.01. The predicted molar refractivity (Wildman–Crippen MR) is 74.9 cm³/mol. The molecule has 0 radical (unpaired) electrons. The molecule has 1 heterocycles. The summed E-state index contributed by atoms with van der Waals surface area (Å²) < 4.78 is 5.32. The molecule has 0 fully saturated rings. The first kappa shape index (κ1) is 11.9. The molecule has 3 aromatic rings. The number of nitrogens with zero attached hydrogens (tertiary/aromatic N) is 2. The van der Waals surface area contributed by atoms with E-state index in [9.17, 15) is 0 Å². The van der Waals surface area contributed by atoms with E-state index in [1.165, 1.54) is 0 Å². The van der Waals surface area contributed by atoms with Gasteiger partial charge in [-0.1, -0.05) is 47.1 Å². The van der Waals surface area contributed by atoms with Gasteiger partial charge in [0, 0.05) is 11.1 Å². The largest absolute Gasteiger partial charge is 0.334 e. The summed E-state index contributed by atoms with van der Waals surface area (Å²) in [7, 11) is 0. The quantitative estimate of drug-likeness (QED) is 0.694. The molecule has 0 amide bonds. The Morgan fingerprint density at radius 2 is 1.63 bits per heavy atom. The summed E-state index contributed by atoms with van der Waals surface area (Å²) in [5.41, 5.74) is 2.80. The minimum Gasteiger partial charge on any atom is -0.334 e. The standard InChI is InChI=1S/C15H11ClN2O/c1-10-6-2-3-7-11(10)15-17-14(18-19-15)12-8-4-5-9-13(12)16/h2-9H,1H3. The van der Waals surface area contributed by atoms with Crippen molar-refractivity contribution in [3.05, 3.63) is 59.1 Å².